The van der Waals surface area contributed by atoms with Crippen molar-refractivity contribution in [3.05, 3.63) is 41.0 Å². The first-order valence-corrected chi connectivity index (χ1v) is 8.34. The van der Waals surface area contributed by atoms with Gasteiger partial charge in [-0.2, -0.15) is 0 Å². The zero-order valence-electron chi connectivity index (χ0n) is 12.7. The molecular weight excluding hydrogens is 312 g/mol. The van der Waals surface area contributed by atoms with E-state index in [1.54, 1.807) is 0 Å². The third kappa shape index (κ3) is 2.73. The van der Waals surface area contributed by atoms with Crippen LogP contribution >= 0.6 is 11.3 Å². The Kier molecular flexibility index (Phi) is 3.59. The van der Waals surface area contributed by atoms with Gasteiger partial charge in [-0.1, -0.05) is 11.3 Å². The first kappa shape index (κ1) is 14.3. The van der Waals surface area contributed by atoms with E-state index in [1.807, 2.05) is 42.1 Å². The molecule has 3 heterocycles. The number of rotatable bonds is 3. The second kappa shape index (κ2) is 5.75. The number of anilines is 1. The standard InChI is InChI=1S/C16H16N4O2S/c1-20-7-6-10-9-11(4-5-12(10)20)14(21)17-16-19-18-15(23-16)13-3-2-8-22-13/h4-7,9,13H,2-3,8H2,1H3,(H,17,19,21)/t13-/m1/s1. The fourth-order valence-electron chi connectivity index (χ4n) is 2.78. The molecule has 1 atom stereocenters. The molecule has 0 unspecified atom stereocenters. The second-order valence-electron chi connectivity index (χ2n) is 5.60. The highest BCUT2D eigenvalue weighted by Gasteiger charge is 2.22. The number of hydrogen-bond donors (Lipinski definition) is 1. The van der Waals surface area contributed by atoms with Gasteiger partial charge in [0.05, 0.1) is 0 Å². The Morgan fingerprint density at radius 2 is 2.30 bits per heavy atom. The Labute approximate surface area is 137 Å². The van der Waals surface area contributed by atoms with Crippen LogP contribution in [0.15, 0.2) is 30.5 Å². The lowest BCUT2D eigenvalue weighted by Gasteiger charge is -2.03. The monoisotopic (exact) mass is 328 g/mol. The number of carbonyl (C=O) groups excluding carboxylic acids is 1. The van der Waals surface area contributed by atoms with Crippen LogP contribution in [0.25, 0.3) is 10.9 Å². The Morgan fingerprint density at radius 3 is 3.13 bits per heavy atom. The van der Waals surface area contributed by atoms with Gasteiger partial charge < -0.3 is 9.30 Å². The van der Waals surface area contributed by atoms with Crippen molar-refractivity contribution in [2.45, 2.75) is 18.9 Å². The summed E-state index contributed by atoms with van der Waals surface area (Å²) in [6.45, 7) is 0.767. The van der Waals surface area contributed by atoms with Gasteiger partial charge in [0.1, 0.15) is 11.1 Å². The van der Waals surface area contributed by atoms with E-state index in [0.717, 1.165) is 35.4 Å². The maximum absolute atomic E-state index is 12.4. The number of aryl methyl sites for hydroxylation is 1. The number of hydrogen-bond acceptors (Lipinski definition) is 5. The lowest BCUT2D eigenvalue weighted by Crippen LogP contribution is -2.11. The molecule has 1 fully saturated rings. The van der Waals surface area contributed by atoms with Crippen LogP contribution in [-0.4, -0.2) is 27.3 Å². The van der Waals surface area contributed by atoms with Crippen molar-refractivity contribution in [1.82, 2.24) is 14.8 Å². The zero-order chi connectivity index (χ0) is 15.8. The minimum absolute atomic E-state index is 0.0267. The summed E-state index contributed by atoms with van der Waals surface area (Å²) >= 11 is 1.38. The summed E-state index contributed by atoms with van der Waals surface area (Å²) in [7, 11) is 1.98. The average Bonchev–Trinajstić information content (AvgIpc) is 3.28. The Hall–Kier alpha value is -2.25. The maximum atomic E-state index is 12.4. The van der Waals surface area contributed by atoms with E-state index in [2.05, 4.69) is 15.5 Å². The van der Waals surface area contributed by atoms with Crippen LogP contribution in [0.1, 0.15) is 34.3 Å². The molecule has 6 nitrogen and oxygen atoms in total. The van der Waals surface area contributed by atoms with Crippen molar-refractivity contribution in [2.75, 3.05) is 11.9 Å². The normalized spacial score (nSPS) is 17.7. The second-order valence-corrected chi connectivity index (χ2v) is 6.61. The van der Waals surface area contributed by atoms with Crippen molar-refractivity contribution in [3.63, 3.8) is 0 Å². The van der Waals surface area contributed by atoms with Crippen molar-refractivity contribution in [1.29, 1.82) is 0 Å². The minimum Gasteiger partial charge on any atom is -0.371 e. The summed E-state index contributed by atoms with van der Waals surface area (Å²) in [5.74, 6) is -0.175. The molecule has 1 aliphatic rings. The lowest BCUT2D eigenvalue weighted by atomic mass is 10.1. The van der Waals surface area contributed by atoms with Gasteiger partial charge in [0, 0.05) is 36.3 Å². The maximum Gasteiger partial charge on any atom is 0.257 e. The minimum atomic E-state index is -0.175. The number of benzene rings is 1. The van der Waals surface area contributed by atoms with E-state index < -0.39 is 0 Å². The van der Waals surface area contributed by atoms with Gasteiger partial charge in [0.15, 0.2) is 0 Å². The Morgan fingerprint density at radius 1 is 1.39 bits per heavy atom. The molecule has 7 heteroatoms. The van der Waals surface area contributed by atoms with Gasteiger partial charge in [0.2, 0.25) is 5.13 Å². The molecule has 4 rings (SSSR count). The average molecular weight is 328 g/mol. The molecule has 0 aliphatic carbocycles. The largest absolute Gasteiger partial charge is 0.371 e. The highest BCUT2D eigenvalue weighted by molar-refractivity contribution is 7.15. The molecule has 0 radical (unpaired) electrons. The lowest BCUT2D eigenvalue weighted by molar-refractivity contribution is 0.102. The van der Waals surface area contributed by atoms with E-state index >= 15 is 0 Å². The molecule has 2 aromatic heterocycles. The van der Waals surface area contributed by atoms with Crippen molar-refractivity contribution < 1.29 is 9.53 Å². The smallest absolute Gasteiger partial charge is 0.257 e. The van der Waals surface area contributed by atoms with E-state index in [-0.39, 0.29) is 12.0 Å². The summed E-state index contributed by atoms with van der Waals surface area (Å²) in [4.78, 5) is 12.4. The van der Waals surface area contributed by atoms with Crippen LogP contribution in [-0.2, 0) is 11.8 Å². The van der Waals surface area contributed by atoms with Gasteiger partial charge in [-0.25, -0.2) is 0 Å². The van der Waals surface area contributed by atoms with Crippen LogP contribution < -0.4 is 5.32 Å². The highest BCUT2D eigenvalue weighted by atomic mass is 32.1. The number of ether oxygens (including phenoxy) is 1. The fraction of sp³-hybridized carbons (Fsp3) is 0.312. The van der Waals surface area contributed by atoms with Crippen molar-refractivity contribution >= 4 is 33.3 Å². The predicted octanol–water partition coefficient (Wildman–Crippen LogP) is 3.13. The highest BCUT2D eigenvalue weighted by Crippen LogP contribution is 2.32. The molecule has 118 valence electrons. The molecule has 1 N–H and O–H groups in total. The van der Waals surface area contributed by atoms with Gasteiger partial charge in [-0.3, -0.25) is 10.1 Å². The van der Waals surface area contributed by atoms with Gasteiger partial charge in [-0.15, -0.1) is 10.2 Å². The first-order valence-electron chi connectivity index (χ1n) is 7.52. The summed E-state index contributed by atoms with van der Waals surface area (Å²) in [5, 5.41) is 13.4. The Balaban J connectivity index is 1.52. The molecule has 1 amide bonds. The van der Waals surface area contributed by atoms with Gasteiger partial charge in [0.25, 0.3) is 5.91 Å². The predicted molar refractivity (Wildman–Crippen MR) is 88.7 cm³/mol. The van der Waals surface area contributed by atoms with Crippen LogP contribution in [0.5, 0.6) is 0 Å². The van der Waals surface area contributed by atoms with E-state index in [0.29, 0.717) is 10.7 Å². The van der Waals surface area contributed by atoms with Crippen LogP contribution in [0.2, 0.25) is 0 Å². The van der Waals surface area contributed by atoms with Crippen molar-refractivity contribution in [3.8, 4) is 0 Å². The van der Waals surface area contributed by atoms with E-state index in [1.165, 1.54) is 11.3 Å². The van der Waals surface area contributed by atoms with Gasteiger partial charge in [-0.05, 0) is 37.1 Å². The van der Waals surface area contributed by atoms with E-state index in [4.69, 9.17) is 4.74 Å². The number of aromatic nitrogens is 3. The van der Waals surface area contributed by atoms with E-state index in [9.17, 15) is 4.79 Å². The first-order chi connectivity index (χ1) is 11.2. The van der Waals surface area contributed by atoms with Crippen molar-refractivity contribution in [2.24, 2.45) is 7.05 Å². The van der Waals surface area contributed by atoms with Gasteiger partial charge >= 0.3 is 0 Å². The molecule has 1 aliphatic heterocycles. The van der Waals surface area contributed by atoms with Crippen LogP contribution in [0.4, 0.5) is 5.13 Å². The summed E-state index contributed by atoms with van der Waals surface area (Å²) < 4.78 is 7.61. The topological polar surface area (TPSA) is 69.0 Å². The molecule has 0 bridgehead atoms. The zero-order valence-corrected chi connectivity index (χ0v) is 13.5. The molecule has 1 aromatic carbocycles. The third-order valence-electron chi connectivity index (χ3n) is 4.01. The summed E-state index contributed by atoms with van der Waals surface area (Å²) in [6, 6.07) is 7.64. The molecule has 0 saturated carbocycles. The number of carbonyl (C=O) groups is 1. The number of amides is 1. The SMILES string of the molecule is Cn1ccc2cc(C(=O)Nc3nnc([C@H]4CCCO4)s3)ccc21. The fourth-order valence-corrected chi connectivity index (χ4v) is 3.60. The number of nitrogens with one attached hydrogen (secondary N) is 1. The van der Waals surface area contributed by atoms with Crippen LogP contribution in [0.3, 0.4) is 0 Å². The number of fused-ring (bicyclic) bond motifs is 1. The third-order valence-corrected chi connectivity index (χ3v) is 4.94. The number of nitrogens with zero attached hydrogens (tertiary/aromatic N) is 3. The molecular formula is C16H16N4O2S. The molecule has 23 heavy (non-hydrogen) atoms. The molecule has 1 saturated heterocycles. The van der Waals surface area contributed by atoms with Crippen LogP contribution in [0, 0.1) is 0 Å². The quantitative estimate of drug-likeness (QED) is 0.802. The summed E-state index contributed by atoms with van der Waals surface area (Å²) in [6.07, 6.45) is 4.01. The Bertz CT molecular complexity index is 864. The molecule has 0 spiro atoms. The molecule has 3 aromatic rings. The summed E-state index contributed by atoms with van der Waals surface area (Å²) in [5.41, 5.74) is 1.70.